The third kappa shape index (κ3) is 5.84. The molecule has 0 aliphatic carbocycles. The number of hydrogen-bond donors (Lipinski definition) is 1. The minimum Gasteiger partial charge on any atom is -0.481 e. The number of carbonyl (C=O) groups is 2. The van der Waals surface area contributed by atoms with E-state index in [1.54, 1.807) is 24.3 Å². The number of ketones is 1. The summed E-state index contributed by atoms with van der Waals surface area (Å²) in [6, 6.07) is 23.8. The maximum absolute atomic E-state index is 13.7. The van der Waals surface area contributed by atoms with E-state index in [0.29, 0.717) is 16.5 Å². The molecule has 0 fully saturated rings. The lowest BCUT2D eigenvalue weighted by molar-refractivity contribution is -0.137. The van der Waals surface area contributed by atoms with Crippen LogP contribution in [0.25, 0.3) is 6.08 Å². The van der Waals surface area contributed by atoms with Crippen LogP contribution in [0.15, 0.2) is 84.9 Å². The highest BCUT2D eigenvalue weighted by Crippen LogP contribution is 2.37. The van der Waals surface area contributed by atoms with Crippen LogP contribution in [0, 0.1) is 0 Å². The summed E-state index contributed by atoms with van der Waals surface area (Å²) < 4.78 is 0. The van der Waals surface area contributed by atoms with Crippen LogP contribution in [-0.2, 0) is 21.4 Å². The van der Waals surface area contributed by atoms with Gasteiger partial charge in [-0.3, -0.25) is 9.59 Å². The van der Waals surface area contributed by atoms with E-state index in [1.165, 1.54) is 6.08 Å². The largest absolute Gasteiger partial charge is 0.481 e. The van der Waals surface area contributed by atoms with Crippen LogP contribution in [-0.4, -0.2) is 16.9 Å². The van der Waals surface area contributed by atoms with Crippen LogP contribution in [0.4, 0.5) is 0 Å². The molecule has 0 radical (unpaired) electrons. The van der Waals surface area contributed by atoms with Gasteiger partial charge in [0, 0.05) is 16.5 Å². The Bertz CT molecular complexity index is 1080. The fraction of sp³-hybridized carbons (Fsp3) is 0.154. The van der Waals surface area contributed by atoms with E-state index < -0.39 is 11.4 Å². The van der Waals surface area contributed by atoms with Crippen molar-refractivity contribution in [3.8, 4) is 0 Å². The van der Waals surface area contributed by atoms with Crippen molar-refractivity contribution in [1.29, 1.82) is 0 Å². The number of hydrogen-bond acceptors (Lipinski definition) is 2. The van der Waals surface area contributed by atoms with Gasteiger partial charge in [0.15, 0.2) is 5.78 Å². The Hall–Kier alpha value is -2.88. The quantitative estimate of drug-likeness (QED) is 0.371. The Morgan fingerprint density at radius 1 is 0.871 bits per heavy atom. The van der Waals surface area contributed by atoms with Gasteiger partial charge >= 0.3 is 5.97 Å². The number of carboxylic acid groups (broad SMARTS) is 1. The first kappa shape index (κ1) is 22.8. The normalized spacial score (nSPS) is 13.1. The average Bonchev–Trinajstić information content (AvgIpc) is 2.78. The molecule has 5 heteroatoms. The molecule has 158 valence electrons. The first-order valence-electron chi connectivity index (χ1n) is 9.89. The first-order chi connectivity index (χ1) is 14.9. The summed E-state index contributed by atoms with van der Waals surface area (Å²) in [4.78, 5) is 25.1. The fourth-order valence-corrected chi connectivity index (χ4v) is 3.97. The monoisotopic (exact) mass is 452 g/mol. The van der Waals surface area contributed by atoms with E-state index >= 15 is 0 Å². The van der Waals surface area contributed by atoms with E-state index in [2.05, 4.69) is 0 Å². The highest BCUT2D eigenvalue weighted by atomic mass is 35.5. The highest BCUT2D eigenvalue weighted by Gasteiger charge is 2.39. The molecule has 3 nitrogen and oxygen atoms in total. The predicted octanol–water partition coefficient (Wildman–Crippen LogP) is 6.62. The summed E-state index contributed by atoms with van der Waals surface area (Å²) in [5, 5.41) is 10.6. The summed E-state index contributed by atoms with van der Waals surface area (Å²) >= 11 is 12.4. The molecule has 0 heterocycles. The summed E-state index contributed by atoms with van der Waals surface area (Å²) in [7, 11) is 0. The van der Waals surface area contributed by atoms with Crippen LogP contribution < -0.4 is 0 Å². The molecule has 0 amide bonds. The van der Waals surface area contributed by atoms with Crippen molar-refractivity contribution in [1.82, 2.24) is 0 Å². The molecule has 0 aliphatic heterocycles. The molecule has 0 bridgehead atoms. The molecule has 3 rings (SSSR count). The zero-order valence-corrected chi connectivity index (χ0v) is 18.3. The Morgan fingerprint density at radius 2 is 1.52 bits per heavy atom. The molecule has 31 heavy (non-hydrogen) atoms. The number of allylic oxidation sites excluding steroid dienone is 1. The Kier molecular flexibility index (Phi) is 7.67. The topological polar surface area (TPSA) is 54.4 Å². The van der Waals surface area contributed by atoms with E-state index in [4.69, 9.17) is 23.2 Å². The van der Waals surface area contributed by atoms with Crippen molar-refractivity contribution in [2.24, 2.45) is 0 Å². The molecule has 0 aromatic heterocycles. The van der Waals surface area contributed by atoms with Crippen molar-refractivity contribution in [2.45, 2.75) is 24.7 Å². The lowest BCUT2D eigenvalue weighted by atomic mass is 9.69. The second kappa shape index (κ2) is 10.4. The molecule has 1 unspecified atom stereocenters. The van der Waals surface area contributed by atoms with Gasteiger partial charge in [-0.1, -0.05) is 89.9 Å². The molecule has 0 saturated heterocycles. The second-order valence-electron chi connectivity index (χ2n) is 7.36. The van der Waals surface area contributed by atoms with Crippen LogP contribution in [0.5, 0.6) is 0 Å². The Morgan fingerprint density at radius 3 is 2.16 bits per heavy atom. The van der Waals surface area contributed by atoms with Gasteiger partial charge in [-0.05, 0) is 53.8 Å². The van der Waals surface area contributed by atoms with Crippen LogP contribution in [0.1, 0.15) is 29.5 Å². The standard InChI is InChI=1S/C26H22Cl2O3/c27-22-13-10-19(11-14-22)12-15-24(29)26(17-16-25(30)31,21-7-2-1-3-8-21)18-20-6-4-5-9-23(20)28/h1-15H,16-18H2,(H,30,31). The lowest BCUT2D eigenvalue weighted by Gasteiger charge is -2.32. The number of carboxylic acids is 1. The average molecular weight is 453 g/mol. The summed E-state index contributed by atoms with van der Waals surface area (Å²) in [6.45, 7) is 0. The van der Waals surface area contributed by atoms with Gasteiger partial charge in [0.2, 0.25) is 0 Å². The molecule has 0 aliphatic rings. The van der Waals surface area contributed by atoms with Gasteiger partial charge < -0.3 is 5.11 Å². The third-order valence-corrected chi connectivity index (χ3v) is 5.93. The molecule has 1 N–H and O–H groups in total. The second-order valence-corrected chi connectivity index (χ2v) is 8.20. The Balaban J connectivity index is 2.07. The maximum atomic E-state index is 13.7. The van der Waals surface area contributed by atoms with Crippen molar-refractivity contribution in [3.63, 3.8) is 0 Å². The molecule has 0 saturated carbocycles. The number of halogens is 2. The Labute approximate surface area is 191 Å². The molecule has 3 aromatic rings. The van der Waals surface area contributed by atoms with Crippen molar-refractivity contribution in [2.75, 3.05) is 0 Å². The minimum atomic E-state index is -1.06. The molecule has 3 aromatic carbocycles. The van der Waals surface area contributed by atoms with Crippen LogP contribution in [0.2, 0.25) is 10.0 Å². The smallest absolute Gasteiger partial charge is 0.303 e. The SMILES string of the molecule is O=C(O)CCC(Cc1ccccc1Cl)(C(=O)C=Cc1ccc(Cl)cc1)c1ccccc1. The fourth-order valence-electron chi connectivity index (χ4n) is 3.64. The lowest BCUT2D eigenvalue weighted by Crippen LogP contribution is -2.38. The van der Waals surface area contributed by atoms with Crippen LogP contribution >= 0.6 is 23.2 Å². The van der Waals surface area contributed by atoms with Gasteiger partial charge in [0.05, 0.1) is 5.41 Å². The van der Waals surface area contributed by atoms with E-state index in [9.17, 15) is 14.7 Å². The number of carbonyl (C=O) groups excluding carboxylic acids is 1. The van der Waals surface area contributed by atoms with Crippen molar-refractivity contribution in [3.05, 3.63) is 112 Å². The van der Waals surface area contributed by atoms with E-state index in [1.807, 2.05) is 60.7 Å². The molecule has 0 spiro atoms. The summed E-state index contributed by atoms with van der Waals surface area (Å²) in [6.07, 6.45) is 3.56. The third-order valence-electron chi connectivity index (χ3n) is 5.31. The van der Waals surface area contributed by atoms with Gasteiger partial charge in [-0.2, -0.15) is 0 Å². The molecular formula is C26H22Cl2O3. The summed E-state index contributed by atoms with van der Waals surface area (Å²) in [5.41, 5.74) is 1.33. The van der Waals surface area contributed by atoms with E-state index in [0.717, 1.165) is 16.7 Å². The van der Waals surface area contributed by atoms with Gasteiger partial charge in [-0.25, -0.2) is 0 Å². The zero-order chi connectivity index (χ0) is 22.3. The number of aliphatic carboxylic acids is 1. The van der Waals surface area contributed by atoms with Gasteiger partial charge in [0.1, 0.15) is 0 Å². The first-order valence-corrected chi connectivity index (χ1v) is 10.7. The zero-order valence-electron chi connectivity index (χ0n) is 16.8. The molecule has 1 atom stereocenters. The number of rotatable bonds is 9. The van der Waals surface area contributed by atoms with Gasteiger partial charge in [0.25, 0.3) is 0 Å². The van der Waals surface area contributed by atoms with Crippen LogP contribution in [0.3, 0.4) is 0 Å². The van der Waals surface area contributed by atoms with Gasteiger partial charge in [-0.15, -0.1) is 0 Å². The predicted molar refractivity (Wildman–Crippen MR) is 126 cm³/mol. The molecular weight excluding hydrogens is 431 g/mol. The van der Waals surface area contributed by atoms with E-state index in [-0.39, 0.29) is 18.6 Å². The number of benzene rings is 3. The maximum Gasteiger partial charge on any atom is 0.303 e. The highest BCUT2D eigenvalue weighted by molar-refractivity contribution is 6.31. The minimum absolute atomic E-state index is 0.139. The van der Waals surface area contributed by atoms with Crippen molar-refractivity contribution < 1.29 is 14.7 Å². The van der Waals surface area contributed by atoms with Crippen molar-refractivity contribution >= 4 is 41.0 Å². The summed E-state index contributed by atoms with van der Waals surface area (Å²) in [5.74, 6) is -1.12.